The van der Waals surface area contributed by atoms with E-state index >= 15 is 4.39 Å². The molecule has 0 bridgehead atoms. The fourth-order valence-corrected chi connectivity index (χ4v) is 8.41. The fourth-order valence-electron chi connectivity index (χ4n) is 3.78. The number of hydrogen-bond donors (Lipinski definition) is 1. The van der Waals surface area contributed by atoms with Crippen LogP contribution in [0.1, 0.15) is 27.2 Å². The molecule has 1 saturated heterocycles. The van der Waals surface area contributed by atoms with Gasteiger partial charge < -0.3 is 14.3 Å². The van der Waals surface area contributed by atoms with E-state index in [1.807, 2.05) is 36.4 Å². The highest BCUT2D eigenvalue weighted by atomic mass is 28.4. The van der Waals surface area contributed by atoms with E-state index in [1.54, 1.807) is 0 Å². The maximum absolute atomic E-state index is 15.1. The van der Waals surface area contributed by atoms with Crippen molar-refractivity contribution in [3.8, 4) is 0 Å². The van der Waals surface area contributed by atoms with Gasteiger partial charge in [-0.05, 0) is 15.4 Å². The van der Waals surface area contributed by atoms with E-state index in [-0.39, 0.29) is 24.7 Å². The first-order chi connectivity index (χ1) is 12.3. The van der Waals surface area contributed by atoms with Crippen molar-refractivity contribution >= 4 is 18.7 Å². The molecular weight excluding hydrogens is 347 g/mol. The average molecular weight is 375 g/mol. The van der Waals surface area contributed by atoms with Crippen LogP contribution in [0.15, 0.2) is 60.7 Å². The lowest BCUT2D eigenvalue weighted by molar-refractivity contribution is -0.0602. The second-order valence-corrected chi connectivity index (χ2v) is 12.4. The van der Waals surface area contributed by atoms with Crippen LogP contribution in [0.4, 0.5) is 4.39 Å². The standard InChI is InChI=1S/C21H27FO3Si/c1-20(2,3)26(17-10-6-4-7-11-17,18-12-8-5-9-13-18)25-16-21(22)14-19(23)24-15-21/h4-13,19,23H,14-16H2,1-3H3. The SMILES string of the molecule is CC(C)(C)[Si](OCC1(F)COC(O)C1)(c1ccccc1)c1ccccc1. The summed E-state index contributed by atoms with van der Waals surface area (Å²) in [5, 5.41) is 11.6. The molecule has 1 fully saturated rings. The van der Waals surface area contributed by atoms with Crippen LogP contribution >= 0.6 is 0 Å². The normalized spacial score (nSPS) is 24.0. The number of aliphatic hydroxyl groups is 1. The average Bonchev–Trinajstić information content (AvgIpc) is 2.95. The Morgan fingerprint density at radius 1 is 1.08 bits per heavy atom. The minimum atomic E-state index is -2.76. The molecular formula is C21H27FO3Si. The molecule has 1 N–H and O–H groups in total. The van der Waals surface area contributed by atoms with Gasteiger partial charge in [0.1, 0.15) is 0 Å². The Labute approximate surface area is 155 Å². The molecule has 3 nitrogen and oxygen atoms in total. The first-order valence-electron chi connectivity index (χ1n) is 9.00. The molecule has 140 valence electrons. The third-order valence-corrected chi connectivity index (χ3v) is 10.0. The molecule has 1 aliphatic heterocycles. The van der Waals surface area contributed by atoms with Gasteiger partial charge in [-0.25, -0.2) is 4.39 Å². The van der Waals surface area contributed by atoms with Gasteiger partial charge in [0.25, 0.3) is 8.32 Å². The molecule has 0 radical (unpaired) electrons. The number of ether oxygens (including phenoxy) is 1. The van der Waals surface area contributed by atoms with E-state index < -0.39 is 20.3 Å². The van der Waals surface area contributed by atoms with Crippen LogP contribution in [-0.2, 0) is 9.16 Å². The lowest BCUT2D eigenvalue weighted by Crippen LogP contribution is -2.67. The Morgan fingerprint density at radius 3 is 1.96 bits per heavy atom. The first-order valence-corrected chi connectivity index (χ1v) is 10.9. The number of rotatable bonds is 5. The van der Waals surface area contributed by atoms with Crippen molar-refractivity contribution < 1.29 is 18.7 Å². The molecule has 5 heteroatoms. The van der Waals surface area contributed by atoms with Crippen molar-refractivity contribution in [2.75, 3.05) is 13.2 Å². The van der Waals surface area contributed by atoms with Crippen molar-refractivity contribution in [2.45, 2.75) is 44.2 Å². The Kier molecular flexibility index (Phi) is 5.35. The Morgan fingerprint density at radius 2 is 1.58 bits per heavy atom. The molecule has 2 aromatic rings. The van der Waals surface area contributed by atoms with Gasteiger partial charge in [0.15, 0.2) is 12.0 Å². The highest BCUT2D eigenvalue weighted by Gasteiger charge is 2.52. The summed E-state index contributed by atoms with van der Waals surface area (Å²) < 4.78 is 26.7. The van der Waals surface area contributed by atoms with Gasteiger partial charge in [0.2, 0.25) is 0 Å². The van der Waals surface area contributed by atoms with Crippen molar-refractivity contribution in [1.82, 2.24) is 0 Å². The van der Waals surface area contributed by atoms with Crippen LogP contribution in [0.2, 0.25) is 5.04 Å². The molecule has 2 unspecified atom stereocenters. The summed E-state index contributed by atoms with van der Waals surface area (Å²) in [6.45, 7) is 6.25. The maximum Gasteiger partial charge on any atom is 0.261 e. The molecule has 0 amide bonds. The number of benzene rings is 2. The molecule has 3 rings (SSSR count). The third kappa shape index (κ3) is 3.62. The highest BCUT2D eigenvalue weighted by molar-refractivity contribution is 6.99. The number of halogens is 1. The largest absolute Gasteiger partial charge is 0.404 e. The van der Waals surface area contributed by atoms with Crippen LogP contribution in [0.25, 0.3) is 0 Å². The Hall–Kier alpha value is -1.53. The topological polar surface area (TPSA) is 38.7 Å². The van der Waals surface area contributed by atoms with Crippen LogP contribution in [0.5, 0.6) is 0 Å². The summed E-state index contributed by atoms with van der Waals surface area (Å²) >= 11 is 0. The van der Waals surface area contributed by atoms with Crippen LogP contribution in [0.3, 0.4) is 0 Å². The van der Waals surface area contributed by atoms with E-state index in [1.165, 1.54) is 0 Å². The minimum absolute atomic E-state index is 0.0504. The minimum Gasteiger partial charge on any atom is -0.404 e. The van der Waals surface area contributed by atoms with Gasteiger partial charge in [-0.15, -0.1) is 0 Å². The van der Waals surface area contributed by atoms with E-state index in [9.17, 15) is 5.11 Å². The Bertz CT molecular complexity index is 678. The van der Waals surface area contributed by atoms with E-state index in [4.69, 9.17) is 9.16 Å². The number of aliphatic hydroxyl groups excluding tert-OH is 1. The molecule has 26 heavy (non-hydrogen) atoms. The van der Waals surface area contributed by atoms with Crippen LogP contribution < -0.4 is 10.4 Å². The van der Waals surface area contributed by atoms with Crippen molar-refractivity contribution in [3.63, 3.8) is 0 Å². The van der Waals surface area contributed by atoms with Gasteiger partial charge >= 0.3 is 0 Å². The molecule has 0 aliphatic carbocycles. The van der Waals surface area contributed by atoms with Crippen molar-refractivity contribution in [1.29, 1.82) is 0 Å². The molecule has 0 aromatic heterocycles. The summed E-state index contributed by atoms with van der Waals surface area (Å²) in [7, 11) is -2.76. The molecule has 2 atom stereocenters. The number of alkyl halides is 1. The third-order valence-electron chi connectivity index (χ3n) is 5.04. The fraction of sp³-hybridized carbons (Fsp3) is 0.429. The maximum atomic E-state index is 15.1. The summed E-state index contributed by atoms with van der Waals surface area (Å²) in [6.07, 6.45) is -1.10. The van der Waals surface area contributed by atoms with Gasteiger partial charge in [0, 0.05) is 6.42 Å². The molecule has 0 spiro atoms. The zero-order valence-electron chi connectivity index (χ0n) is 15.6. The summed E-state index contributed by atoms with van der Waals surface area (Å²) in [6, 6.07) is 20.3. The van der Waals surface area contributed by atoms with Crippen LogP contribution in [-0.4, -0.2) is 38.6 Å². The van der Waals surface area contributed by atoms with Gasteiger partial charge in [-0.3, -0.25) is 0 Å². The summed E-state index contributed by atoms with van der Waals surface area (Å²) in [5.74, 6) is 0. The van der Waals surface area contributed by atoms with E-state index in [0.717, 1.165) is 10.4 Å². The second kappa shape index (κ2) is 7.23. The summed E-state index contributed by atoms with van der Waals surface area (Å²) in [5.41, 5.74) is -1.66. The lowest BCUT2D eigenvalue weighted by atomic mass is 10.1. The molecule has 1 heterocycles. The smallest absolute Gasteiger partial charge is 0.261 e. The lowest BCUT2D eigenvalue weighted by Gasteiger charge is -2.44. The Balaban J connectivity index is 2.06. The monoisotopic (exact) mass is 374 g/mol. The van der Waals surface area contributed by atoms with Crippen LogP contribution in [0, 0.1) is 0 Å². The first kappa shape index (κ1) is 19.2. The summed E-state index contributed by atoms with van der Waals surface area (Å²) in [4.78, 5) is 0. The zero-order valence-corrected chi connectivity index (χ0v) is 16.6. The quantitative estimate of drug-likeness (QED) is 0.818. The van der Waals surface area contributed by atoms with Gasteiger partial charge in [0.05, 0.1) is 13.2 Å². The van der Waals surface area contributed by atoms with E-state index in [2.05, 4.69) is 45.0 Å². The van der Waals surface area contributed by atoms with E-state index in [0.29, 0.717) is 0 Å². The molecule has 0 saturated carbocycles. The highest BCUT2D eigenvalue weighted by Crippen LogP contribution is 2.38. The number of hydrogen-bond acceptors (Lipinski definition) is 3. The zero-order chi connectivity index (χ0) is 18.8. The predicted molar refractivity (Wildman–Crippen MR) is 104 cm³/mol. The van der Waals surface area contributed by atoms with Crippen molar-refractivity contribution in [3.05, 3.63) is 60.7 Å². The molecule has 2 aromatic carbocycles. The van der Waals surface area contributed by atoms with Gasteiger partial charge in [-0.2, -0.15) is 0 Å². The predicted octanol–water partition coefficient (Wildman–Crippen LogP) is 3.01. The molecule has 1 aliphatic rings. The second-order valence-electron chi connectivity index (χ2n) is 8.07. The van der Waals surface area contributed by atoms with Crippen molar-refractivity contribution in [2.24, 2.45) is 0 Å². The van der Waals surface area contributed by atoms with Gasteiger partial charge in [-0.1, -0.05) is 81.4 Å².